The molecule has 5 nitrogen and oxygen atoms in total. The fraction of sp³-hybridized carbons (Fsp3) is 0.286. The maximum atomic E-state index is 11.1. The van der Waals surface area contributed by atoms with Gasteiger partial charge in [0.25, 0.3) is 0 Å². The molecule has 0 radical (unpaired) electrons. The van der Waals surface area contributed by atoms with E-state index in [1.807, 2.05) is 0 Å². The van der Waals surface area contributed by atoms with Crippen LogP contribution in [0.3, 0.4) is 0 Å². The standard InChI is InChI=1S/C7H8N2O3S/c1-2-12-7(10)6(9-11)5-3-8-4-13-5/h3-4,11H,2H2,1H3/b9-6-. The first kappa shape index (κ1) is 9.66. The Balaban J connectivity index is 2.82. The Kier molecular flexibility index (Phi) is 3.39. The molecule has 1 aromatic rings. The van der Waals surface area contributed by atoms with Crippen molar-refractivity contribution < 1.29 is 14.7 Å². The molecule has 1 aromatic heterocycles. The lowest BCUT2D eigenvalue weighted by Gasteiger charge is -1.99. The van der Waals surface area contributed by atoms with Crippen molar-refractivity contribution in [2.75, 3.05) is 6.61 Å². The van der Waals surface area contributed by atoms with E-state index in [2.05, 4.69) is 14.9 Å². The van der Waals surface area contributed by atoms with Crippen LogP contribution in [0, 0.1) is 0 Å². The molecule has 0 aliphatic heterocycles. The van der Waals surface area contributed by atoms with E-state index in [0.717, 1.165) is 0 Å². The van der Waals surface area contributed by atoms with E-state index in [4.69, 9.17) is 5.21 Å². The van der Waals surface area contributed by atoms with E-state index >= 15 is 0 Å². The van der Waals surface area contributed by atoms with Crippen LogP contribution >= 0.6 is 11.3 Å². The number of hydrogen-bond acceptors (Lipinski definition) is 6. The van der Waals surface area contributed by atoms with Crippen LogP contribution in [-0.2, 0) is 9.53 Å². The third-order valence-electron chi connectivity index (χ3n) is 1.23. The van der Waals surface area contributed by atoms with Crippen molar-refractivity contribution in [2.45, 2.75) is 6.92 Å². The first-order valence-electron chi connectivity index (χ1n) is 3.57. The molecule has 0 saturated heterocycles. The van der Waals surface area contributed by atoms with Crippen LogP contribution in [0.2, 0.25) is 0 Å². The maximum Gasteiger partial charge on any atom is 0.361 e. The monoisotopic (exact) mass is 200 g/mol. The minimum absolute atomic E-state index is 0.107. The Hall–Kier alpha value is -1.43. The predicted molar refractivity (Wildman–Crippen MR) is 47.1 cm³/mol. The largest absolute Gasteiger partial charge is 0.461 e. The quantitative estimate of drug-likeness (QED) is 0.340. The van der Waals surface area contributed by atoms with Gasteiger partial charge in [-0.25, -0.2) is 4.79 Å². The highest BCUT2D eigenvalue weighted by atomic mass is 32.1. The summed E-state index contributed by atoms with van der Waals surface area (Å²) in [7, 11) is 0. The van der Waals surface area contributed by atoms with Gasteiger partial charge in [0.05, 0.1) is 17.0 Å². The molecular formula is C7H8N2O3S. The zero-order valence-electron chi connectivity index (χ0n) is 6.93. The Labute approximate surface area is 78.7 Å². The Bertz CT molecular complexity index is 308. The fourth-order valence-corrected chi connectivity index (χ4v) is 1.32. The molecular weight excluding hydrogens is 192 g/mol. The van der Waals surface area contributed by atoms with Gasteiger partial charge in [-0.15, -0.1) is 11.3 Å². The molecule has 70 valence electrons. The Morgan fingerprint density at radius 1 is 1.85 bits per heavy atom. The third kappa shape index (κ3) is 2.25. The van der Waals surface area contributed by atoms with Crippen LogP contribution < -0.4 is 0 Å². The summed E-state index contributed by atoms with van der Waals surface area (Å²) in [6.07, 6.45) is 1.44. The summed E-state index contributed by atoms with van der Waals surface area (Å²) in [4.78, 5) is 15.4. The summed E-state index contributed by atoms with van der Waals surface area (Å²) in [6.45, 7) is 1.93. The van der Waals surface area contributed by atoms with Crippen molar-refractivity contribution in [2.24, 2.45) is 5.16 Å². The van der Waals surface area contributed by atoms with Crippen LogP contribution in [0.25, 0.3) is 0 Å². The van der Waals surface area contributed by atoms with Crippen LogP contribution in [0.15, 0.2) is 16.9 Å². The average molecular weight is 200 g/mol. The smallest absolute Gasteiger partial charge is 0.361 e. The number of esters is 1. The van der Waals surface area contributed by atoms with Gasteiger partial charge in [0, 0.05) is 6.20 Å². The number of carbonyl (C=O) groups excluding carboxylic acids is 1. The summed E-state index contributed by atoms with van der Waals surface area (Å²) in [6, 6.07) is 0. The van der Waals surface area contributed by atoms with Gasteiger partial charge in [-0.1, -0.05) is 5.16 Å². The van der Waals surface area contributed by atoms with E-state index in [9.17, 15) is 4.79 Å². The molecule has 1 heterocycles. The van der Waals surface area contributed by atoms with Gasteiger partial charge >= 0.3 is 5.97 Å². The molecule has 0 spiro atoms. The molecule has 0 bridgehead atoms. The van der Waals surface area contributed by atoms with Gasteiger partial charge in [-0.2, -0.15) is 0 Å². The third-order valence-corrected chi connectivity index (χ3v) is 2.01. The van der Waals surface area contributed by atoms with Gasteiger partial charge in [0.1, 0.15) is 0 Å². The van der Waals surface area contributed by atoms with Crippen LogP contribution in [-0.4, -0.2) is 28.5 Å². The number of thiazole rings is 1. The molecule has 0 aliphatic carbocycles. The van der Waals surface area contributed by atoms with Crippen LogP contribution in [0.4, 0.5) is 0 Å². The number of aromatic nitrogens is 1. The first-order chi connectivity index (χ1) is 6.29. The summed E-state index contributed by atoms with van der Waals surface area (Å²) >= 11 is 1.21. The normalized spacial score (nSPS) is 11.3. The van der Waals surface area contributed by atoms with Gasteiger partial charge in [0.2, 0.25) is 5.71 Å². The van der Waals surface area contributed by atoms with E-state index in [1.165, 1.54) is 17.5 Å². The highest BCUT2D eigenvalue weighted by Crippen LogP contribution is 2.08. The van der Waals surface area contributed by atoms with Gasteiger partial charge < -0.3 is 9.94 Å². The van der Waals surface area contributed by atoms with Crippen molar-refractivity contribution in [3.8, 4) is 0 Å². The summed E-state index contributed by atoms with van der Waals surface area (Å²) in [5.74, 6) is -0.644. The van der Waals surface area contributed by atoms with Gasteiger partial charge in [-0.3, -0.25) is 4.98 Å². The molecule has 0 amide bonds. The average Bonchev–Trinajstić information content (AvgIpc) is 2.59. The zero-order valence-corrected chi connectivity index (χ0v) is 7.74. The van der Waals surface area contributed by atoms with Gasteiger partial charge in [0.15, 0.2) is 0 Å². The molecule has 0 aliphatic rings. The molecule has 13 heavy (non-hydrogen) atoms. The SMILES string of the molecule is CCOC(=O)/C(=N\O)c1cncs1. The van der Waals surface area contributed by atoms with Crippen molar-refractivity contribution in [3.63, 3.8) is 0 Å². The number of nitrogens with zero attached hydrogens (tertiary/aromatic N) is 2. The van der Waals surface area contributed by atoms with Crippen LogP contribution in [0.1, 0.15) is 11.8 Å². The number of ether oxygens (including phenoxy) is 1. The molecule has 0 aromatic carbocycles. The summed E-state index contributed by atoms with van der Waals surface area (Å²) in [5, 5.41) is 11.4. The molecule has 0 unspecified atom stereocenters. The number of hydrogen-bond donors (Lipinski definition) is 1. The molecule has 0 fully saturated rings. The lowest BCUT2D eigenvalue weighted by atomic mass is 10.3. The van der Waals surface area contributed by atoms with E-state index in [0.29, 0.717) is 4.88 Å². The molecule has 0 saturated carbocycles. The lowest BCUT2D eigenvalue weighted by molar-refractivity contribution is -0.135. The van der Waals surface area contributed by atoms with Gasteiger partial charge in [-0.05, 0) is 6.92 Å². The minimum Gasteiger partial charge on any atom is -0.461 e. The Morgan fingerprint density at radius 2 is 2.62 bits per heavy atom. The van der Waals surface area contributed by atoms with Crippen molar-refractivity contribution in [1.82, 2.24) is 4.98 Å². The second-order valence-corrected chi connectivity index (χ2v) is 2.92. The minimum atomic E-state index is -0.644. The summed E-state index contributed by atoms with van der Waals surface area (Å²) < 4.78 is 4.67. The van der Waals surface area contributed by atoms with Crippen LogP contribution in [0.5, 0.6) is 0 Å². The van der Waals surface area contributed by atoms with Crippen molar-refractivity contribution in [3.05, 3.63) is 16.6 Å². The Morgan fingerprint density at radius 3 is 3.08 bits per heavy atom. The summed E-state index contributed by atoms with van der Waals surface area (Å²) in [5.41, 5.74) is 1.43. The zero-order chi connectivity index (χ0) is 9.68. The molecule has 6 heteroatoms. The maximum absolute atomic E-state index is 11.1. The highest BCUT2D eigenvalue weighted by molar-refractivity contribution is 7.12. The lowest BCUT2D eigenvalue weighted by Crippen LogP contribution is -2.17. The van der Waals surface area contributed by atoms with Crippen molar-refractivity contribution >= 4 is 23.0 Å². The number of oxime groups is 1. The predicted octanol–water partition coefficient (Wildman–Crippen LogP) is 0.885. The van der Waals surface area contributed by atoms with E-state index in [-0.39, 0.29) is 12.3 Å². The molecule has 0 atom stereocenters. The highest BCUT2D eigenvalue weighted by Gasteiger charge is 2.17. The fourth-order valence-electron chi connectivity index (χ4n) is 0.723. The second-order valence-electron chi connectivity index (χ2n) is 2.03. The van der Waals surface area contributed by atoms with E-state index < -0.39 is 5.97 Å². The molecule has 1 N–H and O–H groups in total. The number of rotatable bonds is 3. The van der Waals surface area contributed by atoms with Crippen molar-refractivity contribution in [1.29, 1.82) is 0 Å². The topological polar surface area (TPSA) is 71.8 Å². The van der Waals surface area contributed by atoms with E-state index in [1.54, 1.807) is 12.4 Å². The first-order valence-corrected chi connectivity index (χ1v) is 4.45. The number of carbonyl (C=O) groups is 1. The molecule has 1 rings (SSSR count). The second kappa shape index (κ2) is 4.56.